The Labute approximate surface area is 247 Å². The van der Waals surface area contributed by atoms with Crippen LogP contribution in [0.2, 0.25) is 0 Å². The van der Waals surface area contributed by atoms with Gasteiger partial charge in [-0.25, -0.2) is 4.79 Å². The fourth-order valence-corrected chi connectivity index (χ4v) is 6.39. The summed E-state index contributed by atoms with van der Waals surface area (Å²) in [5.41, 5.74) is 5.64. The van der Waals surface area contributed by atoms with Crippen LogP contribution in [0, 0.1) is 0 Å². The van der Waals surface area contributed by atoms with E-state index in [1.54, 1.807) is 4.90 Å². The molecule has 1 heterocycles. The van der Waals surface area contributed by atoms with Crippen LogP contribution in [0.1, 0.15) is 56.2 Å². The van der Waals surface area contributed by atoms with Gasteiger partial charge in [0.15, 0.2) is 0 Å². The van der Waals surface area contributed by atoms with Gasteiger partial charge in [0.1, 0.15) is 12.6 Å². The fourth-order valence-electron chi connectivity index (χ4n) is 6.39. The minimum atomic E-state index is -1.02. The molecule has 0 spiro atoms. The van der Waals surface area contributed by atoms with Gasteiger partial charge in [0.2, 0.25) is 5.91 Å². The predicted octanol–water partition coefficient (Wildman–Crippen LogP) is 5.27. The maximum absolute atomic E-state index is 13.8. The Morgan fingerprint density at radius 2 is 1.48 bits per heavy atom. The van der Waals surface area contributed by atoms with Gasteiger partial charge in [0.05, 0.1) is 0 Å². The van der Waals surface area contributed by atoms with E-state index in [2.05, 4.69) is 48.3 Å². The third-order valence-electron chi connectivity index (χ3n) is 8.81. The molecule has 2 amide bonds. The first kappa shape index (κ1) is 29.3. The van der Waals surface area contributed by atoms with Crippen molar-refractivity contribution < 1.29 is 24.2 Å². The van der Waals surface area contributed by atoms with Crippen molar-refractivity contribution in [1.29, 1.82) is 0 Å². The number of alkyl carbamates (subject to hydrolysis) is 1. The van der Waals surface area contributed by atoms with Crippen molar-refractivity contribution in [3.8, 4) is 11.1 Å². The van der Waals surface area contributed by atoms with Crippen molar-refractivity contribution in [2.24, 2.45) is 0 Å². The van der Waals surface area contributed by atoms with E-state index >= 15 is 0 Å². The lowest BCUT2D eigenvalue weighted by molar-refractivity contribution is -0.143. The zero-order valence-electron chi connectivity index (χ0n) is 24.4. The van der Waals surface area contributed by atoms with Crippen molar-refractivity contribution in [3.63, 3.8) is 0 Å². The Hall–Kier alpha value is -4.17. The first-order chi connectivity index (χ1) is 20.2. The first-order valence-electron chi connectivity index (χ1n) is 14.7. The topological polar surface area (TPSA) is 99.2 Å². The van der Waals surface area contributed by atoms with Gasteiger partial charge < -0.3 is 20.1 Å². The summed E-state index contributed by atoms with van der Waals surface area (Å²) in [4.78, 5) is 42.5. The van der Waals surface area contributed by atoms with Gasteiger partial charge in [-0.1, -0.05) is 78.9 Å². The van der Waals surface area contributed by atoms with E-state index in [0.717, 1.165) is 28.8 Å². The molecule has 42 heavy (non-hydrogen) atoms. The van der Waals surface area contributed by atoms with Crippen LogP contribution in [-0.4, -0.2) is 70.2 Å². The number of fused-ring (bicyclic) bond motifs is 3. The van der Waals surface area contributed by atoms with Crippen LogP contribution in [0.4, 0.5) is 4.79 Å². The van der Waals surface area contributed by atoms with E-state index in [1.165, 1.54) is 5.56 Å². The zero-order chi connectivity index (χ0) is 29.8. The number of carbonyl (C=O) groups is 3. The van der Waals surface area contributed by atoms with Gasteiger partial charge in [-0.15, -0.1) is 0 Å². The molecule has 0 radical (unpaired) electrons. The molecule has 2 N–H and O–H groups in total. The van der Waals surface area contributed by atoms with Crippen LogP contribution in [0.3, 0.4) is 0 Å². The molecular formula is C34H39N3O5. The molecule has 4 atom stereocenters. The van der Waals surface area contributed by atoms with E-state index in [9.17, 15) is 19.5 Å². The minimum absolute atomic E-state index is 0.0158. The first-order valence-corrected chi connectivity index (χ1v) is 14.7. The van der Waals surface area contributed by atoms with Crippen LogP contribution < -0.4 is 5.32 Å². The Bertz CT molecular complexity index is 1380. The van der Waals surface area contributed by atoms with E-state index in [0.29, 0.717) is 6.54 Å². The SMILES string of the molecule is CC1C(C)N(Cc2ccccc2)C(C)CN1C(=O)C(CCC(=O)O)NC(=O)OCC1c2ccccc2-c2ccccc21. The molecule has 1 saturated heterocycles. The fraction of sp³-hybridized carbons (Fsp3) is 0.382. The molecular weight excluding hydrogens is 530 g/mol. The van der Waals surface area contributed by atoms with Crippen molar-refractivity contribution in [1.82, 2.24) is 15.1 Å². The highest BCUT2D eigenvalue weighted by Gasteiger charge is 2.40. The highest BCUT2D eigenvalue weighted by Crippen LogP contribution is 2.44. The molecule has 8 nitrogen and oxygen atoms in total. The van der Waals surface area contributed by atoms with Gasteiger partial charge in [-0.3, -0.25) is 14.5 Å². The second-order valence-corrected chi connectivity index (χ2v) is 11.4. The molecule has 3 aromatic carbocycles. The number of nitrogens with zero attached hydrogens (tertiary/aromatic N) is 2. The van der Waals surface area contributed by atoms with Crippen molar-refractivity contribution in [3.05, 3.63) is 95.6 Å². The Morgan fingerprint density at radius 3 is 2.10 bits per heavy atom. The van der Waals surface area contributed by atoms with Crippen LogP contribution >= 0.6 is 0 Å². The summed E-state index contributed by atoms with van der Waals surface area (Å²) < 4.78 is 5.69. The van der Waals surface area contributed by atoms with Gasteiger partial charge in [0, 0.05) is 43.6 Å². The highest BCUT2D eigenvalue weighted by molar-refractivity contribution is 5.87. The maximum Gasteiger partial charge on any atom is 0.407 e. The lowest BCUT2D eigenvalue weighted by Crippen LogP contribution is -2.64. The molecule has 220 valence electrons. The zero-order valence-corrected chi connectivity index (χ0v) is 24.4. The summed E-state index contributed by atoms with van der Waals surface area (Å²) >= 11 is 0. The van der Waals surface area contributed by atoms with Crippen LogP contribution in [0.25, 0.3) is 11.1 Å². The number of aliphatic carboxylic acids is 1. The highest BCUT2D eigenvalue weighted by atomic mass is 16.5. The molecule has 1 fully saturated rings. The number of rotatable bonds is 9. The third-order valence-corrected chi connectivity index (χ3v) is 8.81. The van der Waals surface area contributed by atoms with Crippen LogP contribution in [0.15, 0.2) is 78.9 Å². The number of nitrogens with one attached hydrogen (secondary N) is 1. The van der Waals surface area contributed by atoms with E-state index in [-0.39, 0.29) is 49.4 Å². The number of carboxylic acids is 1. The predicted molar refractivity (Wildman–Crippen MR) is 161 cm³/mol. The molecule has 0 saturated carbocycles. The van der Waals surface area contributed by atoms with Crippen LogP contribution in [0.5, 0.6) is 0 Å². The smallest absolute Gasteiger partial charge is 0.407 e. The average molecular weight is 570 g/mol. The monoisotopic (exact) mass is 569 g/mol. The number of piperazine rings is 1. The quantitative estimate of drug-likeness (QED) is 0.364. The minimum Gasteiger partial charge on any atom is -0.481 e. The number of carbonyl (C=O) groups excluding carboxylic acids is 2. The third kappa shape index (κ3) is 6.19. The van der Waals surface area contributed by atoms with Gasteiger partial charge in [0.25, 0.3) is 0 Å². The number of amides is 2. The summed E-state index contributed by atoms with van der Waals surface area (Å²) in [6.45, 7) is 7.57. The Kier molecular flexibility index (Phi) is 8.92. The molecule has 1 aliphatic carbocycles. The van der Waals surface area contributed by atoms with E-state index in [4.69, 9.17) is 4.74 Å². The maximum atomic E-state index is 13.8. The summed E-state index contributed by atoms with van der Waals surface area (Å²) in [6, 6.07) is 25.4. The van der Waals surface area contributed by atoms with E-state index < -0.39 is 18.1 Å². The van der Waals surface area contributed by atoms with Gasteiger partial charge >= 0.3 is 12.1 Å². The van der Waals surface area contributed by atoms with Crippen molar-refractivity contribution >= 4 is 18.0 Å². The normalized spacial score (nSPS) is 20.8. The molecule has 0 aromatic heterocycles. The Balaban J connectivity index is 1.26. The van der Waals surface area contributed by atoms with Crippen molar-refractivity contribution in [2.45, 2.75) is 70.2 Å². The van der Waals surface area contributed by atoms with Gasteiger partial charge in [-0.2, -0.15) is 0 Å². The van der Waals surface area contributed by atoms with Crippen LogP contribution in [-0.2, 0) is 20.9 Å². The number of carboxylic acid groups (broad SMARTS) is 1. The molecule has 2 aliphatic rings. The Morgan fingerprint density at radius 1 is 0.881 bits per heavy atom. The number of hydrogen-bond acceptors (Lipinski definition) is 5. The molecule has 5 rings (SSSR count). The van der Waals surface area contributed by atoms with Crippen molar-refractivity contribution in [2.75, 3.05) is 13.2 Å². The van der Waals surface area contributed by atoms with Gasteiger partial charge in [-0.05, 0) is 55.0 Å². The second kappa shape index (κ2) is 12.8. The van der Waals surface area contributed by atoms with E-state index in [1.807, 2.05) is 61.5 Å². The lowest BCUT2D eigenvalue weighted by atomic mass is 9.97. The molecule has 3 aromatic rings. The number of hydrogen-bond donors (Lipinski definition) is 2. The number of benzene rings is 3. The molecule has 4 unspecified atom stereocenters. The molecule has 0 bridgehead atoms. The standard InChI is InChI=1S/C34H39N3O5/c1-22-19-37(24(3)23(2)36(22)20-25-11-5-4-6-12-25)33(40)31(17-18-32(38)39)35-34(41)42-21-30-28-15-9-7-13-26(28)27-14-8-10-16-29(27)30/h4-16,22-24,30-31H,17-21H2,1-3H3,(H,35,41)(H,38,39). The second-order valence-electron chi connectivity index (χ2n) is 11.4. The molecule has 1 aliphatic heterocycles. The summed E-state index contributed by atoms with van der Waals surface area (Å²) in [5, 5.41) is 12.1. The summed E-state index contributed by atoms with van der Waals surface area (Å²) in [7, 11) is 0. The largest absolute Gasteiger partial charge is 0.481 e. The summed E-state index contributed by atoms with van der Waals surface area (Å²) in [5.74, 6) is -1.42. The summed E-state index contributed by atoms with van der Waals surface area (Å²) in [6.07, 6.45) is -0.983. The lowest BCUT2D eigenvalue weighted by Gasteiger charge is -2.49. The average Bonchev–Trinajstić information content (AvgIpc) is 3.32. The molecule has 8 heteroatoms. The number of ether oxygens (including phenoxy) is 1.